The molecule has 4 nitrogen and oxygen atoms in total. The number of rotatable bonds is 6. The van der Waals surface area contributed by atoms with Gasteiger partial charge in [-0.25, -0.2) is 4.98 Å². The molecule has 1 aliphatic carbocycles. The maximum absolute atomic E-state index is 4.43. The van der Waals surface area contributed by atoms with Crippen molar-refractivity contribution in [3.63, 3.8) is 0 Å². The van der Waals surface area contributed by atoms with Gasteiger partial charge in [-0.15, -0.1) is 0 Å². The summed E-state index contributed by atoms with van der Waals surface area (Å²) in [6.45, 7) is 4.05. The number of hydrogen-bond donors (Lipinski definition) is 2. The van der Waals surface area contributed by atoms with E-state index in [9.17, 15) is 0 Å². The molecular formula is C11H17BrN4. The normalized spacial score (nSPS) is 14.9. The third-order valence-electron chi connectivity index (χ3n) is 2.53. The summed E-state index contributed by atoms with van der Waals surface area (Å²) in [6, 6.07) is 0. The largest absolute Gasteiger partial charge is 0.369 e. The number of nitrogens with zero attached hydrogens (tertiary/aromatic N) is 2. The molecule has 0 amide bonds. The van der Waals surface area contributed by atoms with Crippen LogP contribution in [-0.4, -0.2) is 23.1 Å². The highest BCUT2D eigenvalue weighted by Gasteiger charge is 2.21. The lowest BCUT2D eigenvalue weighted by molar-refractivity contribution is 0.878. The molecule has 1 fully saturated rings. The van der Waals surface area contributed by atoms with Gasteiger partial charge in [0.25, 0.3) is 0 Å². The van der Waals surface area contributed by atoms with Crippen molar-refractivity contribution in [2.75, 3.05) is 23.7 Å². The number of halogens is 1. The van der Waals surface area contributed by atoms with E-state index in [0.717, 1.165) is 35.7 Å². The van der Waals surface area contributed by atoms with Crippen LogP contribution in [0.15, 0.2) is 10.7 Å². The van der Waals surface area contributed by atoms with Crippen LogP contribution in [0.2, 0.25) is 0 Å². The van der Waals surface area contributed by atoms with Crippen molar-refractivity contribution in [3.05, 3.63) is 10.7 Å². The molecule has 1 saturated carbocycles. The van der Waals surface area contributed by atoms with Gasteiger partial charge < -0.3 is 10.6 Å². The molecule has 88 valence electrons. The summed E-state index contributed by atoms with van der Waals surface area (Å²) >= 11 is 3.45. The molecule has 0 unspecified atom stereocenters. The van der Waals surface area contributed by atoms with Crippen LogP contribution in [-0.2, 0) is 0 Å². The topological polar surface area (TPSA) is 49.8 Å². The lowest BCUT2D eigenvalue weighted by Crippen LogP contribution is -2.09. The lowest BCUT2D eigenvalue weighted by atomic mass is 10.4. The molecule has 0 atom stereocenters. The number of anilines is 2. The van der Waals surface area contributed by atoms with Gasteiger partial charge in [0.05, 0.1) is 4.47 Å². The predicted octanol–water partition coefficient (Wildman–Crippen LogP) is 2.88. The van der Waals surface area contributed by atoms with Crippen LogP contribution >= 0.6 is 15.9 Å². The summed E-state index contributed by atoms with van der Waals surface area (Å²) < 4.78 is 0.926. The minimum absolute atomic E-state index is 0.698. The highest BCUT2D eigenvalue weighted by Crippen LogP contribution is 2.29. The van der Waals surface area contributed by atoms with Gasteiger partial charge in [-0.1, -0.05) is 6.92 Å². The van der Waals surface area contributed by atoms with E-state index in [1.807, 2.05) is 0 Å². The van der Waals surface area contributed by atoms with Crippen molar-refractivity contribution in [2.24, 2.45) is 5.92 Å². The fraction of sp³-hybridized carbons (Fsp3) is 0.636. The molecule has 16 heavy (non-hydrogen) atoms. The van der Waals surface area contributed by atoms with E-state index < -0.39 is 0 Å². The molecule has 2 rings (SSSR count). The van der Waals surface area contributed by atoms with Crippen molar-refractivity contribution in [3.8, 4) is 0 Å². The molecular weight excluding hydrogens is 268 g/mol. The van der Waals surface area contributed by atoms with Crippen molar-refractivity contribution in [1.29, 1.82) is 0 Å². The molecule has 1 heterocycles. The van der Waals surface area contributed by atoms with E-state index in [-0.39, 0.29) is 0 Å². The van der Waals surface area contributed by atoms with Crippen LogP contribution in [0.4, 0.5) is 11.8 Å². The molecule has 0 aromatic carbocycles. The third-order valence-corrected chi connectivity index (χ3v) is 3.11. The second-order valence-corrected chi connectivity index (χ2v) is 5.00. The second kappa shape index (κ2) is 5.48. The van der Waals surface area contributed by atoms with E-state index in [2.05, 4.69) is 43.5 Å². The minimum atomic E-state index is 0.698. The van der Waals surface area contributed by atoms with Crippen LogP contribution in [0, 0.1) is 5.92 Å². The van der Waals surface area contributed by atoms with Gasteiger partial charge in [-0.3, -0.25) is 0 Å². The third kappa shape index (κ3) is 3.33. The predicted molar refractivity (Wildman–Crippen MR) is 69.7 cm³/mol. The van der Waals surface area contributed by atoms with Gasteiger partial charge in [-0.2, -0.15) is 4.98 Å². The standard InChI is InChI=1S/C11H17BrN4/c1-2-5-13-11-15-7-9(12)10(16-11)14-6-8-3-4-8/h7-8H,2-6H2,1H3,(H2,13,14,15,16). The Bertz CT molecular complexity index is 352. The number of aromatic nitrogens is 2. The van der Waals surface area contributed by atoms with Crippen LogP contribution in [0.1, 0.15) is 26.2 Å². The van der Waals surface area contributed by atoms with Gasteiger partial charge in [-0.05, 0) is 41.1 Å². The highest BCUT2D eigenvalue weighted by molar-refractivity contribution is 9.10. The van der Waals surface area contributed by atoms with Gasteiger partial charge >= 0.3 is 0 Å². The van der Waals surface area contributed by atoms with E-state index in [0.29, 0.717) is 5.95 Å². The fourth-order valence-corrected chi connectivity index (χ4v) is 1.71. The first-order valence-electron chi connectivity index (χ1n) is 5.80. The zero-order valence-corrected chi connectivity index (χ0v) is 11.0. The summed E-state index contributed by atoms with van der Waals surface area (Å²) in [5.74, 6) is 2.43. The summed E-state index contributed by atoms with van der Waals surface area (Å²) in [6.07, 6.45) is 5.55. The lowest BCUT2D eigenvalue weighted by Gasteiger charge is -2.09. The molecule has 0 bridgehead atoms. The van der Waals surface area contributed by atoms with E-state index in [1.165, 1.54) is 12.8 Å². The second-order valence-electron chi connectivity index (χ2n) is 4.14. The zero-order chi connectivity index (χ0) is 11.4. The van der Waals surface area contributed by atoms with Crippen molar-refractivity contribution >= 4 is 27.7 Å². The van der Waals surface area contributed by atoms with Gasteiger partial charge in [0.2, 0.25) is 5.95 Å². The molecule has 0 aliphatic heterocycles. The van der Waals surface area contributed by atoms with Crippen molar-refractivity contribution < 1.29 is 0 Å². The maximum Gasteiger partial charge on any atom is 0.224 e. The fourth-order valence-electron chi connectivity index (χ4n) is 1.38. The van der Waals surface area contributed by atoms with E-state index in [4.69, 9.17) is 0 Å². The Morgan fingerprint density at radius 3 is 2.94 bits per heavy atom. The Morgan fingerprint density at radius 2 is 2.25 bits per heavy atom. The summed E-state index contributed by atoms with van der Waals surface area (Å²) in [5.41, 5.74) is 0. The smallest absolute Gasteiger partial charge is 0.224 e. The van der Waals surface area contributed by atoms with Crippen LogP contribution in [0.25, 0.3) is 0 Å². The summed E-state index contributed by atoms with van der Waals surface area (Å²) in [7, 11) is 0. The Hall–Kier alpha value is -0.840. The number of nitrogens with one attached hydrogen (secondary N) is 2. The quantitative estimate of drug-likeness (QED) is 0.843. The molecule has 5 heteroatoms. The molecule has 0 spiro atoms. The minimum Gasteiger partial charge on any atom is -0.369 e. The van der Waals surface area contributed by atoms with Crippen LogP contribution in [0.5, 0.6) is 0 Å². The first-order valence-corrected chi connectivity index (χ1v) is 6.59. The molecule has 1 aromatic rings. The zero-order valence-electron chi connectivity index (χ0n) is 9.46. The van der Waals surface area contributed by atoms with E-state index >= 15 is 0 Å². The Kier molecular flexibility index (Phi) is 3.98. The van der Waals surface area contributed by atoms with E-state index in [1.54, 1.807) is 6.20 Å². The van der Waals surface area contributed by atoms with Gasteiger partial charge in [0.1, 0.15) is 5.82 Å². The van der Waals surface area contributed by atoms with Crippen molar-refractivity contribution in [1.82, 2.24) is 9.97 Å². The van der Waals surface area contributed by atoms with Crippen LogP contribution in [0.3, 0.4) is 0 Å². The molecule has 1 aliphatic rings. The number of hydrogen-bond acceptors (Lipinski definition) is 4. The van der Waals surface area contributed by atoms with Gasteiger partial charge in [0, 0.05) is 19.3 Å². The molecule has 1 aromatic heterocycles. The average molecular weight is 285 g/mol. The van der Waals surface area contributed by atoms with Crippen molar-refractivity contribution in [2.45, 2.75) is 26.2 Å². The van der Waals surface area contributed by atoms with Gasteiger partial charge in [0.15, 0.2) is 0 Å². The summed E-state index contributed by atoms with van der Waals surface area (Å²) in [4.78, 5) is 8.64. The Balaban J connectivity index is 1.96. The maximum atomic E-state index is 4.43. The Labute approximate surface area is 104 Å². The highest BCUT2D eigenvalue weighted by atomic mass is 79.9. The molecule has 0 radical (unpaired) electrons. The Morgan fingerprint density at radius 1 is 1.44 bits per heavy atom. The summed E-state index contributed by atoms with van der Waals surface area (Å²) in [5, 5.41) is 6.54. The SMILES string of the molecule is CCCNc1ncc(Br)c(NCC2CC2)n1. The average Bonchev–Trinajstić information content (AvgIpc) is 3.10. The monoisotopic (exact) mass is 284 g/mol. The first kappa shape index (κ1) is 11.6. The molecule has 2 N–H and O–H groups in total. The first-order chi connectivity index (χ1) is 7.79. The molecule has 0 saturated heterocycles. The van der Waals surface area contributed by atoms with Crippen LogP contribution < -0.4 is 10.6 Å².